The average molecular weight is 281 g/mol. The van der Waals surface area contributed by atoms with Gasteiger partial charge in [-0.3, -0.25) is 9.59 Å². The molecule has 0 spiro atoms. The number of halogens is 1. The fourth-order valence-electron chi connectivity index (χ4n) is 2.33. The van der Waals surface area contributed by atoms with Crippen molar-refractivity contribution in [2.45, 2.75) is 19.8 Å². The van der Waals surface area contributed by atoms with Crippen LogP contribution in [0.5, 0.6) is 0 Å². The maximum atomic E-state index is 12.3. The molecule has 1 aliphatic rings. The van der Waals surface area contributed by atoms with Crippen molar-refractivity contribution in [1.29, 1.82) is 0 Å². The largest absolute Gasteiger partial charge is 0.369 e. The normalized spacial score (nSPS) is 16.4. The first kappa shape index (κ1) is 13.9. The predicted octanol–water partition coefficient (Wildman–Crippen LogP) is 1.99. The van der Waals surface area contributed by atoms with E-state index in [9.17, 15) is 9.59 Å². The number of carbonyl (C=O) groups excluding carboxylic acids is 2. The number of hydrogen-bond acceptors (Lipinski definition) is 2. The Morgan fingerprint density at radius 3 is 2.47 bits per heavy atom. The highest BCUT2D eigenvalue weighted by molar-refractivity contribution is 6.31. The minimum atomic E-state index is -0.269. The van der Waals surface area contributed by atoms with E-state index >= 15 is 0 Å². The molecule has 0 radical (unpaired) electrons. The molecule has 1 fully saturated rings. The molecule has 0 unspecified atom stereocenters. The van der Waals surface area contributed by atoms with Gasteiger partial charge in [0.25, 0.3) is 5.91 Å². The van der Waals surface area contributed by atoms with E-state index < -0.39 is 0 Å². The lowest BCUT2D eigenvalue weighted by Crippen LogP contribution is -2.41. The predicted molar refractivity (Wildman–Crippen MR) is 74.0 cm³/mol. The highest BCUT2D eigenvalue weighted by Crippen LogP contribution is 2.21. The molecule has 0 aliphatic carbocycles. The summed E-state index contributed by atoms with van der Waals surface area (Å²) in [4.78, 5) is 25.2. The highest BCUT2D eigenvalue weighted by Gasteiger charge is 2.26. The Labute approximate surface area is 117 Å². The van der Waals surface area contributed by atoms with Crippen molar-refractivity contribution in [2.75, 3.05) is 13.1 Å². The quantitative estimate of drug-likeness (QED) is 0.900. The van der Waals surface area contributed by atoms with Crippen LogP contribution in [0.1, 0.15) is 28.8 Å². The summed E-state index contributed by atoms with van der Waals surface area (Å²) in [5, 5.41) is 0.656. The van der Waals surface area contributed by atoms with Crippen molar-refractivity contribution in [1.82, 2.24) is 4.90 Å². The molecule has 2 N–H and O–H groups in total. The molecular weight excluding hydrogens is 264 g/mol. The number of piperidine rings is 1. The zero-order valence-electron chi connectivity index (χ0n) is 10.9. The Balaban J connectivity index is 2.05. The molecule has 1 aliphatic heterocycles. The standard InChI is InChI=1S/C14H17ClN2O2/c1-9-8-11(2-3-12(9)15)14(19)17-6-4-10(5-7-17)13(16)18/h2-3,8,10H,4-7H2,1H3,(H2,16,18). The molecule has 102 valence electrons. The van der Waals surface area contributed by atoms with Crippen LogP contribution in [0.2, 0.25) is 5.02 Å². The molecular formula is C14H17ClN2O2. The fourth-order valence-corrected chi connectivity index (χ4v) is 2.44. The lowest BCUT2D eigenvalue weighted by atomic mass is 9.96. The summed E-state index contributed by atoms with van der Waals surface area (Å²) >= 11 is 5.95. The average Bonchev–Trinajstić information content (AvgIpc) is 2.41. The molecule has 4 nitrogen and oxygen atoms in total. The number of rotatable bonds is 2. The zero-order chi connectivity index (χ0) is 14.0. The minimum absolute atomic E-state index is 0.0114. The van der Waals surface area contributed by atoms with Crippen molar-refractivity contribution >= 4 is 23.4 Å². The number of aryl methyl sites for hydroxylation is 1. The van der Waals surface area contributed by atoms with Gasteiger partial charge in [0, 0.05) is 29.6 Å². The topological polar surface area (TPSA) is 63.4 Å². The molecule has 1 aromatic carbocycles. The number of carbonyl (C=O) groups is 2. The maximum absolute atomic E-state index is 12.3. The number of amides is 2. The Morgan fingerprint density at radius 2 is 1.95 bits per heavy atom. The van der Waals surface area contributed by atoms with E-state index in [2.05, 4.69) is 0 Å². The summed E-state index contributed by atoms with van der Waals surface area (Å²) in [7, 11) is 0. The van der Waals surface area contributed by atoms with Crippen LogP contribution in [0.25, 0.3) is 0 Å². The van der Waals surface area contributed by atoms with E-state index in [4.69, 9.17) is 17.3 Å². The molecule has 1 saturated heterocycles. The van der Waals surface area contributed by atoms with Crippen LogP contribution in [0.15, 0.2) is 18.2 Å². The summed E-state index contributed by atoms with van der Waals surface area (Å²) in [5.74, 6) is -0.381. The van der Waals surface area contributed by atoms with Crippen molar-refractivity contribution in [3.8, 4) is 0 Å². The van der Waals surface area contributed by atoms with Crippen molar-refractivity contribution in [3.63, 3.8) is 0 Å². The molecule has 0 aromatic heterocycles. The highest BCUT2D eigenvalue weighted by atomic mass is 35.5. The third-order valence-corrected chi connectivity index (χ3v) is 4.01. The SMILES string of the molecule is Cc1cc(C(=O)N2CCC(C(N)=O)CC2)ccc1Cl. The van der Waals surface area contributed by atoms with Gasteiger partial charge in [-0.25, -0.2) is 0 Å². The van der Waals surface area contributed by atoms with Crippen LogP contribution in [-0.2, 0) is 4.79 Å². The van der Waals surface area contributed by atoms with E-state index in [0.717, 1.165) is 5.56 Å². The molecule has 19 heavy (non-hydrogen) atoms. The summed E-state index contributed by atoms with van der Waals surface area (Å²) in [6.07, 6.45) is 1.29. The first-order valence-corrected chi connectivity index (χ1v) is 6.71. The van der Waals surface area contributed by atoms with Crippen LogP contribution < -0.4 is 5.73 Å². The van der Waals surface area contributed by atoms with Gasteiger partial charge in [-0.05, 0) is 43.5 Å². The second-order valence-corrected chi connectivity index (χ2v) is 5.34. The Kier molecular flexibility index (Phi) is 4.10. The van der Waals surface area contributed by atoms with Gasteiger partial charge < -0.3 is 10.6 Å². The summed E-state index contributed by atoms with van der Waals surface area (Å²) in [6, 6.07) is 5.27. The molecule has 0 saturated carbocycles. The van der Waals surface area contributed by atoms with Gasteiger partial charge in [-0.15, -0.1) is 0 Å². The van der Waals surface area contributed by atoms with Gasteiger partial charge in [0.15, 0.2) is 0 Å². The Hall–Kier alpha value is -1.55. The van der Waals surface area contributed by atoms with Crippen molar-refractivity contribution in [2.24, 2.45) is 11.7 Å². The van der Waals surface area contributed by atoms with Gasteiger partial charge in [-0.2, -0.15) is 0 Å². The smallest absolute Gasteiger partial charge is 0.253 e. The Bertz CT molecular complexity index is 508. The van der Waals surface area contributed by atoms with Crippen LogP contribution in [0, 0.1) is 12.8 Å². The monoisotopic (exact) mass is 280 g/mol. The molecule has 2 amide bonds. The van der Waals surface area contributed by atoms with E-state index in [-0.39, 0.29) is 17.7 Å². The van der Waals surface area contributed by atoms with Gasteiger partial charge >= 0.3 is 0 Å². The maximum Gasteiger partial charge on any atom is 0.253 e. The third kappa shape index (κ3) is 3.07. The van der Waals surface area contributed by atoms with Crippen LogP contribution in [-0.4, -0.2) is 29.8 Å². The van der Waals surface area contributed by atoms with Crippen LogP contribution in [0.3, 0.4) is 0 Å². The zero-order valence-corrected chi connectivity index (χ0v) is 11.6. The fraction of sp³-hybridized carbons (Fsp3) is 0.429. The van der Waals surface area contributed by atoms with Crippen LogP contribution in [0.4, 0.5) is 0 Å². The van der Waals surface area contributed by atoms with Gasteiger partial charge in [-0.1, -0.05) is 11.6 Å². The second kappa shape index (κ2) is 5.61. The van der Waals surface area contributed by atoms with E-state index in [1.54, 1.807) is 23.1 Å². The van der Waals surface area contributed by atoms with Crippen LogP contribution >= 0.6 is 11.6 Å². The number of benzene rings is 1. The van der Waals surface area contributed by atoms with E-state index in [0.29, 0.717) is 36.5 Å². The Morgan fingerprint density at radius 1 is 1.32 bits per heavy atom. The molecule has 2 rings (SSSR count). The lowest BCUT2D eigenvalue weighted by Gasteiger charge is -2.30. The minimum Gasteiger partial charge on any atom is -0.369 e. The molecule has 1 aromatic rings. The third-order valence-electron chi connectivity index (χ3n) is 3.59. The molecule has 0 bridgehead atoms. The first-order chi connectivity index (χ1) is 8.99. The summed E-state index contributed by atoms with van der Waals surface area (Å²) < 4.78 is 0. The van der Waals surface area contributed by atoms with Gasteiger partial charge in [0.05, 0.1) is 0 Å². The van der Waals surface area contributed by atoms with E-state index in [1.165, 1.54) is 0 Å². The van der Waals surface area contributed by atoms with E-state index in [1.807, 2.05) is 6.92 Å². The summed E-state index contributed by atoms with van der Waals surface area (Å²) in [6.45, 7) is 3.03. The van der Waals surface area contributed by atoms with Gasteiger partial charge in [0.1, 0.15) is 0 Å². The second-order valence-electron chi connectivity index (χ2n) is 4.93. The molecule has 5 heteroatoms. The number of primary amides is 1. The number of likely N-dealkylation sites (tertiary alicyclic amines) is 1. The number of nitrogens with two attached hydrogens (primary N) is 1. The summed E-state index contributed by atoms with van der Waals surface area (Å²) in [5.41, 5.74) is 6.81. The first-order valence-electron chi connectivity index (χ1n) is 6.34. The molecule has 1 heterocycles. The van der Waals surface area contributed by atoms with Gasteiger partial charge in [0.2, 0.25) is 5.91 Å². The van der Waals surface area contributed by atoms with Crippen molar-refractivity contribution < 1.29 is 9.59 Å². The number of nitrogens with zero attached hydrogens (tertiary/aromatic N) is 1. The van der Waals surface area contributed by atoms with Crippen molar-refractivity contribution in [3.05, 3.63) is 34.3 Å². The number of hydrogen-bond donors (Lipinski definition) is 1. The molecule has 0 atom stereocenters. The lowest BCUT2D eigenvalue weighted by molar-refractivity contribution is -0.123.